The van der Waals surface area contributed by atoms with Crippen molar-refractivity contribution in [2.45, 2.75) is 38.3 Å². The van der Waals surface area contributed by atoms with E-state index in [1.54, 1.807) is 12.3 Å². The summed E-state index contributed by atoms with van der Waals surface area (Å²) in [7, 11) is 0. The van der Waals surface area contributed by atoms with Crippen LogP contribution in [0.25, 0.3) is 32.9 Å². The van der Waals surface area contributed by atoms with E-state index in [0.717, 1.165) is 42.0 Å². The summed E-state index contributed by atoms with van der Waals surface area (Å²) in [5, 5.41) is 12.4. The third-order valence-corrected chi connectivity index (χ3v) is 7.57. The second kappa shape index (κ2) is 9.51. The molecule has 2 aromatic carbocycles. The van der Waals surface area contributed by atoms with E-state index < -0.39 is 5.82 Å². The van der Waals surface area contributed by atoms with Gasteiger partial charge in [0.15, 0.2) is 12.1 Å². The van der Waals surface area contributed by atoms with Crippen LogP contribution in [0.4, 0.5) is 10.2 Å². The van der Waals surface area contributed by atoms with E-state index in [-0.39, 0.29) is 41.7 Å². The number of hydrogen-bond donors (Lipinski definition) is 1. The zero-order chi connectivity index (χ0) is 26.4. The maximum atomic E-state index is 16.3. The fourth-order valence-electron chi connectivity index (χ4n) is 5.88. The van der Waals surface area contributed by atoms with Gasteiger partial charge in [0.2, 0.25) is 6.41 Å². The van der Waals surface area contributed by atoms with Gasteiger partial charge in [-0.3, -0.25) is 14.6 Å². The molecule has 2 aliphatic rings. The molecule has 0 spiro atoms. The Bertz CT molecular complexity index is 1560. The van der Waals surface area contributed by atoms with Gasteiger partial charge in [0.25, 0.3) is 0 Å². The molecule has 9 nitrogen and oxygen atoms in total. The van der Waals surface area contributed by atoms with Crippen LogP contribution in [-0.4, -0.2) is 69.4 Å². The van der Waals surface area contributed by atoms with Gasteiger partial charge in [-0.15, -0.1) is 0 Å². The van der Waals surface area contributed by atoms with E-state index in [2.05, 4.69) is 15.0 Å². The Morgan fingerprint density at radius 1 is 1.16 bits per heavy atom. The molecule has 2 bridgehead atoms. The van der Waals surface area contributed by atoms with Crippen molar-refractivity contribution in [2.75, 3.05) is 24.6 Å². The smallest absolute Gasteiger partial charge is 0.319 e. The number of anilines is 1. The first-order chi connectivity index (χ1) is 18.5. The Hall–Kier alpha value is -4.34. The van der Waals surface area contributed by atoms with Crippen LogP contribution < -0.4 is 9.64 Å². The molecule has 194 valence electrons. The molecule has 0 aliphatic carbocycles. The van der Waals surface area contributed by atoms with Gasteiger partial charge in [-0.25, -0.2) is 4.39 Å². The summed E-state index contributed by atoms with van der Waals surface area (Å²) in [6.07, 6.45) is 5.52. The highest BCUT2D eigenvalue weighted by Gasteiger charge is 2.40. The van der Waals surface area contributed by atoms with E-state index >= 15 is 4.39 Å². The van der Waals surface area contributed by atoms with Gasteiger partial charge in [-0.05, 0) is 47.7 Å². The number of amides is 1. The minimum Gasteiger partial charge on any atom is -0.508 e. The van der Waals surface area contributed by atoms with Crippen LogP contribution in [0.2, 0.25) is 0 Å². The number of aryl methyl sites for hydroxylation is 1. The standard InChI is InChI=1S/C28H26FN5O4/c1-2-16-4-3-5-17-10-20(37)11-21(23(16)17)25-24(29)26-22(12-30-25)27(32-28(31-26)38-9-8-35)33-13-18-6-7-19(14-33)34(18)15-36/h3-5,8,10-12,15,18-19,37H,2,6-7,9,13-14H2,1H3. The summed E-state index contributed by atoms with van der Waals surface area (Å²) in [6, 6.07) is 8.88. The zero-order valence-electron chi connectivity index (χ0n) is 20.8. The van der Waals surface area contributed by atoms with Crippen molar-refractivity contribution in [2.24, 2.45) is 0 Å². The van der Waals surface area contributed by atoms with Crippen LogP contribution in [0, 0.1) is 5.82 Å². The van der Waals surface area contributed by atoms with Crippen LogP contribution >= 0.6 is 0 Å². The van der Waals surface area contributed by atoms with Crippen molar-refractivity contribution in [1.29, 1.82) is 0 Å². The Kier molecular flexibility index (Phi) is 6.01. The molecule has 2 atom stereocenters. The molecule has 0 radical (unpaired) electrons. The zero-order valence-corrected chi connectivity index (χ0v) is 20.8. The highest BCUT2D eigenvalue weighted by Crippen LogP contribution is 2.39. The van der Waals surface area contributed by atoms with Gasteiger partial charge in [0, 0.05) is 36.9 Å². The van der Waals surface area contributed by atoms with Crippen LogP contribution in [0.15, 0.2) is 36.5 Å². The Labute approximate surface area is 217 Å². The SMILES string of the molecule is CCc1cccc2cc(O)cc(-c3ncc4c(N5CC6CCC(C5)N6C=O)nc(OCC=O)nc4c3F)c12. The van der Waals surface area contributed by atoms with Gasteiger partial charge >= 0.3 is 6.01 Å². The Morgan fingerprint density at radius 3 is 2.66 bits per heavy atom. The third kappa shape index (κ3) is 3.87. The molecule has 1 amide bonds. The number of halogens is 1. The normalized spacial score (nSPS) is 18.8. The lowest BCUT2D eigenvalue weighted by Crippen LogP contribution is -2.53. The van der Waals surface area contributed by atoms with Gasteiger partial charge in [-0.2, -0.15) is 9.97 Å². The molecule has 2 saturated heterocycles. The molecule has 4 heterocycles. The number of benzene rings is 2. The first-order valence-corrected chi connectivity index (χ1v) is 12.7. The number of aromatic nitrogens is 3. The number of fused-ring (bicyclic) bond motifs is 4. The number of aromatic hydroxyl groups is 1. The topological polar surface area (TPSA) is 109 Å². The van der Waals surface area contributed by atoms with Crippen LogP contribution in [0.3, 0.4) is 0 Å². The highest BCUT2D eigenvalue weighted by atomic mass is 19.1. The van der Waals surface area contributed by atoms with Gasteiger partial charge < -0.3 is 19.6 Å². The van der Waals surface area contributed by atoms with E-state index in [9.17, 15) is 14.7 Å². The van der Waals surface area contributed by atoms with Gasteiger partial charge in [0.1, 0.15) is 29.4 Å². The minimum absolute atomic E-state index is 0.00366. The maximum absolute atomic E-state index is 16.3. The minimum atomic E-state index is -0.672. The predicted octanol–water partition coefficient (Wildman–Crippen LogP) is 3.64. The van der Waals surface area contributed by atoms with Crippen molar-refractivity contribution in [3.05, 3.63) is 47.9 Å². The lowest BCUT2D eigenvalue weighted by Gasteiger charge is -2.39. The van der Waals surface area contributed by atoms with Crippen LogP contribution in [-0.2, 0) is 16.0 Å². The second-order valence-electron chi connectivity index (χ2n) is 9.70. The molecule has 2 fully saturated rings. The van der Waals surface area contributed by atoms with E-state index in [1.165, 1.54) is 6.07 Å². The monoisotopic (exact) mass is 515 g/mol. The highest BCUT2D eigenvalue weighted by molar-refractivity contribution is 6.01. The summed E-state index contributed by atoms with van der Waals surface area (Å²) >= 11 is 0. The number of aldehydes is 1. The molecule has 2 aliphatic heterocycles. The molecular formula is C28H26FN5O4. The average molecular weight is 516 g/mol. The molecule has 1 N–H and O–H groups in total. The number of piperazine rings is 1. The fraction of sp³-hybridized carbons (Fsp3) is 0.321. The number of pyridine rings is 1. The lowest BCUT2D eigenvalue weighted by atomic mass is 9.95. The summed E-state index contributed by atoms with van der Waals surface area (Å²) in [5.74, 6) is -0.218. The number of phenolic OH excluding ortho intramolecular Hbond substituents is 1. The van der Waals surface area contributed by atoms with Crippen LogP contribution in [0.1, 0.15) is 25.3 Å². The number of nitrogens with zero attached hydrogens (tertiary/aromatic N) is 5. The molecule has 4 aromatic rings. The summed E-state index contributed by atoms with van der Waals surface area (Å²) in [4.78, 5) is 39.8. The molecule has 2 aromatic heterocycles. The Morgan fingerprint density at radius 2 is 1.95 bits per heavy atom. The molecule has 38 heavy (non-hydrogen) atoms. The maximum Gasteiger partial charge on any atom is 0.319 e. The third-order valence-electron chi connectivity index (χ3n) is 7.57. The number of carbonyl (C=O) groups excluding carboxylic acids is 2. The van der Waals surface area contributed by atoms with E-state index in [0.29, 0.717) is 36.1 Å². The van der Waals surface area contributed by atoms with Gasteiger partial charge in [0.05, 0.1) is 5.39 Å². The van der Waals surface area contributed by atoms with E-state index in [1.807, 2.05) is 34.9 Å². The number of carbonyl (C=O) groups is 2. The number of rotatable bonds is 7. The first kappa shape index (κ1) is 24.0. The van der Waals surface area contributed by atoms with Crippen molar-refractivity contribution in [1.82, 2.24) is 19.9 Å². The second-order valence-corrected chi connectivity index (χ2v) is 9.70. The van der Waals surface area contributed by atoms with Crippen molar-refractivity contribution >= 4 is 40.2 Å². The Balaban J connectivity index is 1.54. The number of phenols is 1. The van der Waals surface area contributed by atoms with Gasteiger partial charge in [-0.1, -0.05) is 25.1 Å². The predicted molar refractivity (Wildman–Crippen MR) is 140 cm³/mol. The largest absolute Gasteiger partial charge is 0.508 e. The van der Waals surface area contributed by atoms with Crippen molar-refractivity contribution < 1.29 is 23.8 Å². The molecule has 10 heteroatoms. The summed E-state index contributed by atoms with van der Waals surface area (Å²) in [5.41, 5.74) is 1.53. The average Bonchev–Trinajstić information content (AvgIpc) is 3.18. The molecule has 0 saturated carbocycles. The quantitative estimate of drug-likeness (QED) is 0.372. The number of ether oxygens (including phenoxy) is 1. The lowest BCUT2D eigenvalue weighted by molar-refractivity contribution is -0.121. The van der Waals surface area contributed by atoms with E-state index in [4.69, 9.17) is 4.74 Å². The fourth-order valence-corrected chi connectivity index (χ4v) is 5.88. The first-order valence-electron chi connectivity index (χ1n) is 12.7. The van der Waals surface area contributed by atoms with Crippen molar-refractivity contribution in [3.63, 3.8) is 0 Å². The summed E-state index contributed by atoms with van der Waals surface area (Å²) < 4.78 is 21.8. The molecule has 6 rings (SSSR count). The molecular weight excluding hydrogens is 489 g/mol. The number of hydrogen-bond acceptors (Lipinski definition) is 8. The van der Waals surface area contributed by atoms with Crippen LogP contribution in [0.5, 0.6) is 11.8 Å². The van der Waals surface area contributed by atoms with Crippen molar-refractivity contribution in [3.8, 4) is 23.0 Å². The molecule has 2 unspecified atom stereocenters. The summed E-state index contributed by atoms with van der Waals surface area (Å²) in [6.45, 7) is 2.82.